The fraction of sp³-hybridized carbons (Fsp3) is 0.217. The first-order chi connectivity index (χ1) is 14.6. The summed E-state index contributed by atoms with van der Waals surface area (Å²) in [6, 6.07) is 11.7. The molecule has 0 saturated heterocycles. The minimum absolute atomic E-state index is 0.0922. The van der Waals surface area contributed by atoms with Crippen LogP contribution in [-0.2, 0) is 7.05 Å². The van der Waals surface area contributed by atoms with Crippen molar-refractivity contribution in [2.75, 3.05) is 0 Å². The lowest BCUT2D eigenvalue weighted by molar-refractivity contribution is 0.780. The van der Waals surface area contributed by atoms with Gasteiger partial charge in [0, 0.05) is 36.3 Å². The van der Waals surface area contributed by atoms with E-state index in [0.717, 1.165) is 51.6 Å². The zero-order chi connectivity index (χ0) is 20.4. The first-order valence-corrected chi connectivity index (χ1v) is 10.1. The van der Waals surface area contributed by atoms with Crippen molar-refractivity contribution in [3.63, 3.8) is 0 Å². The zero-order valence-corrected chi connectivity index (χ0v) is 16.8. The summed E-state index contributed by atoms with van der Waals surface area (Å²) in [4.78, 5) is 18.3. The summed E-state index contributed by atoms with van der Waals surface area (Å²) in [5.74, 6) is 1.05. The van der Waals surface area contributed by atoms with Gasteiger partial charge in [0.1, 0.15) is 11.3 Å². The maximum absolute atomic E-state index is 13.8. The van der Waals surface area contributed by atoms with Gasteiger partial charge in [-0.1, -0.05) is 12.1 Å². The van der Waals surface area contributed by atoms with Gasteiger partial charge < -0.3 is 0 Å². The molecule has 1 aliphatic rings. The smallest absolute Gasteiger partial charge is 0.264 e. The quantitative estimate of drug-likeness (QED) is 0.502. The van der Waals surface area contributed by atoms with Crippen LogP contribution in [-0.4, -0.2) is 29.5 Å². The number of H-pyrrole nitrogens is 1. The van der Waals surface area contributed by atoms with Crippen LogP contribution >= 0.6 is 0 Å². The van der Waals surface area contributed by atoms with Gasteiger partial charge in [-0.25, -0.2) is 4.98 Å². The minimum atomic E-state index is -0.0922. The summed E-state index contributed by atoms with van der Waals surface area (Å²) in [7, 11) is 1.89. The Bertz CT molecular complexity index is 1480. The molecule has 0 atom stereocenters. The van der Waals surface area contributed by atoms with Gasteiger partial charge in [-0.2, -0.15) is 10.2 Å². The molecule has 0 bridgehead atoms. The lowest BCUT2D eigenvalue weighted by atomic mass is 10.0. The van der Waals surface area contributed by atoms with Crippen LogP contribution in [0.4, 0.5) is 0 Å². The Hall–Kier alpha value is -3.74. The normalized spacial score (nSPS) is 14.1. The molecule has 0 aliphatic heterocycles. The number of nitrogens with one attached hydrogen (secondary N) is 1. The van der Waals surface area contributed by atoms with Crippen LogP contribution in [0, 0.1) is 6.92 Å². The van der Waals surface area contributed by atoms with Gasteiger partial charge in [-0.15, -0.1) is 0 Å². The van der Waals surface area contributed by atoms with Crippen molar-refractivity contribution >= 4 is 21.9 Å². The highest BCUT2D eigenvalue weighted by Crippen LogP contribution is 2.42. The van der Waals surface area contributed by atoms with Crippen LogP contribution < -0.4 is 5.56 Å². The monoisotopic (exact) mass is 396 g/mol. The highest BCUT2D eigenvalue weighted by atomic mass is 16.1. The van der Waals surface area contributed by atoms with E-state index in [1.54, 1.807) is 15.4 Å². The molecule has 148 valence electrons. The lowest BCUT2D eigenvalue weighted by Crippen LogP contribution is -2.21. The van der Waals surface area contributed by atoms with Crippen LogP contribution in [0.15, 0.2) is 53.6 Å². The van der Waals surface area contributed by atoms with Crippen molar-refractivity contribution in [3.05, 3.63) is 70.4 Å². The van der Waals surface area contributed by atoms with E-state index in [1.165, 1.54) is 0 Å². The molecule has 1 aromatic carbocycles. The average molecular weight is 396 g/mol. The van der Waals surface area contributed by atoms with Gasteiger partial charge in [-0.3, -0.25) is 19.1 Å². The fourth-order valence-electron chi connectivity index (χ4n) is 4.11. The number of pyridine rings is 2. The Morgan fingerprint density at radius 1 is 1.10 bits per heavy atom. The molecule has 0 amide bonds. The lowest BCUT2D eigenvalue weighted by Gasteiger charge is -2.11. The fourth-order valence-corrected chi connectivity index (χ4v) is 4.11. The second-order valence-electron chi connectivity index (χ2n) is 8.11. The number of benzene rings is 1. The molecule has 7 heteroatoms. The standard InChI is InChI=1S/C23H20N6O/c1-13-3-8-20(24-11-13)29-22-19(25-26-21(22)14-4-5-14)10-17(23(29)30)15-6-7-18-16(9-15)12-28(2)27-18/h3,6-12,14H,4-5H2,1-2H3,(H,25,26). The molecule has 6 rings (SSSR count). The summed E-state index contributed by atoms with van der Waals surface area (Å²) >= 11 is 0. The molecule has 5 aromatic rings. The molecular formula is C23H20N6O. The molecule has 7 nitrogen and oxygen atoms in total. The molecule has 0 unspecified atom stereocenters. The first kappa shape index (κ1) is 17.1. The van der Waals surface area contributed by atoms with E-state index >= 15 is 0 Å². The Labute approximate surface area is 172 Å². The number of nitrogens with zero attached hydrogens (tertiary/aromatic N) is 5. The van der Waals surface area contributed by atoms with Crippen molar-refractivity contribution in [2.24, 2.45) is 7.05 Å². The van der Waals surface area contributed by atoms with Crippen LogP contribution in [0.5, 0.6) is 0 Å². The van der Waals surface area contributed by atoms with E-state index in [0.29, 0.717) is 17.3 Å². The van der Waals surface area contributed by atoms with Crippen LogP contribution in [0.3, 0.4) is 0 Å². The van der Waals surface area contributed by atoms with Gasteiger partial charge in [-0.05, 0) is 55.2 Å². The number of aromatic nitrogens is 6. The van der Waals surface area contributed by atoms with Gasteiger partial charge in [0.2, 0.25) is 0 Å². The topological polar surface area (TPSA) is 81.4 Å². The Kier molecular flexibility index (Phi) is 3.50. The highest BCUT2D eigenvalue weighted by molar-refractivity contribution is 5.88. The van der Waals surface area contributed by atoms with E-state index in [-0.39, 0.29) is 5.56 Å². The second-order valence-corrected chi connectivity index (χ2v) is 8.11. The van der Waals surface area contributed by atoms with Crippen molar-refractivity contribution in [1.82, 2.24) is 29.5 Å². The minimum Gasteiger partial charge on any atom is -0.279 e. The number of aryl methyl sites for hydroxylation is 2. The van der Waals surface area contributed by atoms with Gasteiger partial charge >= 0.3 is 0 Å². The van der Waals surface area contributed by atoms with E-state index in [1.807, 2.05) is 56.6 Å². The Morgan fingerprint density at radius 2 is 1.97 bits per heavy atom. The van der Waals surface area contributed by atoms with Crippen LogP contribution in [0.2, 0.25) is 0 Å². The summed E-state index contributed by atoms with van der Waals surface area (Å²) in [5, 5.41) is 13.2. The van der Waals surface area contributed by atoms with Crippen molar-refractivity contribution in [2.45, 2.75) is 25.7 Å². The second kappa shape index (κ2) is 6.13. The molecule has 1 N–H and O–H groups in total. The summed E-state index contributed by atoms with van der Waals surface area (Å²) in [5.41, 5.74) is 5.95. The van der Waals surface area contributed by atoms with Crippen LogP contribution in [0.25, 0.3) is 38.9 Å². The maximum Gasteiger partial charge on any atom is 0.264 e. The molecule has 1 fully saturated rings. The summed E-state index contributed by atoms with van der Waals surface area (Å²) in [6.07, 6.45) is 5.98. The molecule has 1 saturated carbocycles. The van der Waals surface area contributed by atoms with Gasteiger partial charge in [0.15, 0.2) is 0 Å². The van der Waals surface area contributed by atoms with Gasteiger partial charge in [0.25, 0.3) is 5.56 Å². The third-order valence-corrected chi connectivity index (χ3v) is 5.77. The van der Waals surface area contributed by atoms with E-state index in [2.05, 4.69) is 20.3 Å². The number of fused-ring (bicyclic) bond motifs is 2. The molecule has 1 aliphatic carbocycles. The first-order valence-electron chi connectivity index (χ1n) is 10.1. The summed E-state index contributed by atoms with van der Waals surface area (Å²) < 4.78 is 3.50. The number of hydrogen-bond donors (Lipinski definition) is 1. The van der Waals surface area contributed by atoms with Crippen molar-refractivity contribution in [1.29, 1.82) is 0 Å². The van der Waals surface area contributed by atoms with E-state index < -0.39 is 0 Å². The number of hydrogen-bond acceptors (Lipinski definition) is 4. The molecule has 4 aromatic heterocycles. The van der Waals surface area contributed by atoms with E-state index in [4.69, 9.17) is 0 Å². The Morgan fingerprint density at radius 3 is 2.73 bits per heavy atom. The number of rotatable bonds is 3. The third kappa shape index (κ3) is 2.58. The molecule has 0 spiro atoms. The SMILES string of the molecule is Cc1ccc(-n2c(=O)c(-c3ccc4nn(C)cc4c3)cc3n[nH]c(C4CC4)c32)nc1. The Balaban J connectivity index is 1.66. The van der Waals surface area contributed by atoms with Crippen molar-refractivity contribution in [3.8, 4) is 16.9 Å². The molecular weight excluding hydrogens is 376 g/mol. The number of aromatic amines is 1. The molecule has 0 radical (unpaired) electrons. The van der Waals surface area contributed by atoms with Gasteiger partial charge in [0.05, 0.1) is 16.7 Å². The van der Waals surface area contributed by atoms with Crippen molar-refractivity contribution < 1.29 is 0 Å². The zero-order valence-electron chi connectivity index (χ0n) is 16.8. The average Bonchev–Trinajstić information content (AvgIpc) is 3.38. The third-order valence-electron chi connectivity index (χ3n) is 5.77. The van der Waals surface area contributed by atoms with E-state index in [9.17, 15) is 4.79 Å². The summed E-state index contributed by atoms with van der Waals surface area (Å²) in [6.45, 7) is 1.99. The largest absolute Gasteiger partial charge is 0.279 e. The molecule has 30 heavy (non-hydrogen) atoms. The molecule has 4 heterocycles. The highest BCUT2D eigenvalue weighted by Gasteiger charge is 2.30. The maximum atomic E-state index is 13.8. The van der Waals surface area contributed by atoms with Crippen LogP contribution in [0.1, 0.15) is 30.0 Å². The predicted octanol–water partition coefficient (Wildman–Crippen LogP) is 3.85. The predicted molar refractivity (Wildman–Crippen MR) is 116 cm³/mol.